The van der Waals surface area contributed by atoms with Crippen LogP contribution in [0.3, 0.4) is 0 Å². The molecule has 0 saturated carbocycles. The maximum absolute atomic E-state index is 11.6. The Hall–Kier alpha value is -0.870. The van der Waals surface area contributed by atoms with Crippen LogP contribution in [0.5, 0.6) is 0 Å². The third kappa shape index (κ3) is 3.32. The van der Waals surface area contributed by atoms with Crippen molar-refractivity contribution in [3.8, 4) is 0 Å². The molecular formula is C12H19NO2S. The molecule has 1 N–H and O–H groups in total. The van der Waals surface area contributed by atoms with Crippen LogP contribution < -0.4 is 5.32 Å². The first kappa shape index (κ1) is 13.2. The summed E-state index contributed by atoms with van der Waals surface area (Å²) in [4.78, 5) is 14.0. The van der Waals surface area contributed by atoms with E-state index < -0.39 is 0 Å². The lowest BCUT2D eigenvalue weighted by Gasteiger charge is -2.14. The van der Waals surface area contributed by atoms with E-state index in [4.69, 9.17) is 4.74 Å². The molecule has 0 fully saturated rings. The van der Waals surface area contributed by atoms with Crippen LogP contribution in [0, 0.1) is 0 Å². The Labute approximate surface area is 101 Å². The van der Waals surface area contributed by atoms with Crippen LogP contribution in [0.1, 0.15) is 36.1 Å². The fraction of sp³-hybridized carbons (Fsp3) is 0.583. The Morgan fingerprint density at radius 3 is 2.75 bits per heavy atom. The SMILES string of the molecule is CCCNC(C(=O)OC)c1ccc(CC)s1. The molecule has 3 nitrogen and oxygen atoms in total. The summed E-state index contributed by atoms with van der Waals surface area (Å²) < 4.78 is 4.81. The fourth-order valence-electron chi connectivity index (χ4n) is 1.45. The van der Waals surface area contributed by atoms with Gasteiger partial charge in [0.15, 0.2) is 0 Å². The molecule has 1 aromatic heterocycles. The fourth-order valence-corrected chi connectivity index (χ4v) is 2.46. The zero-order valence-electron chi connectivity index (χ0n) is 10.1. The van der Waals surface area contributed by atoms with Crippen molar-refractivity contribution in [2.45, 2.75) is 32.7 Å². The van der Waals surface area contributed by atoms with Gasteiger partial charge in [0, 0.05) is 9.75 Å². The number of aryl methyl sites for hydroxylation is 1. The van der Waals surface area contributed by atoms with Gasteiger partial charge in [0.2, 0.25) is 0 Å². The number of carbonyl (C=O) groups is 1. The van der Waals surface area contributed by atoms with Crippen molar-refractivity contribution in [2.75, 3.05) is 13.7 Å². The van der Waals surface area contributed by atoms with E-state index in [9.17, 15) is 4.79 Å². The number of ether oxygens (including phenoxy) is 1. The summed E-state index contributed by atoms with van der Waals surface area (Å²) in [5.41, 5.74) is 0. The molecule has 0 aromatic carbocycles. The molecule has 1 atom stereocenters. The van der Waals surface area contributed by atoms with Gasteiger partial charge in [-0.25, -0.2) is 4.79 Å². The Bertz CT molecular complexity index is 336. The average molecular weight is 241 g/mol. The van der Waals surface area contributed by atoms with Gasteiger partial charge in [0.1, 0.15) is 6.04 Å². The predicted octanol–water partition coefficient (Wildman–Crippen LogP) is 2.52. The summed E-state index contributed by atoms with van der Waals surface area (Å²) in [6.45, 7) is 5.01. The number of esters is 1. The van der Waals surface area contributed by atoms with E-state index in [0.29, 0.717) is 0 Å². The van der Waals surface area contributed by atoms with Crippen LogP contribution in [0.15, 0.2) is 12.1 Å². The van der Waals surface area contributed by atoms with Crippen LogP contribution in [0.25, 0.3) is 0 Å². The lowest BCUT2D eigenvalue weighted by molar-refractivity contribution is -0.143. The minimum Gasteiger partial charge on any atom is -0.468 e. The average Bonchev–Trinajstić information content (AvgIpc) is 2.77. The second-order valence-electron chi connectivity index (χ2n) is 3.57. The first-order valence-electron chi connectivity index (χ1n) is 5.62. The smallest absolute Gasteiger partial charge is 0.328 e. The van der Waals surface area contributed by atoms with Crippen molar-refractivity contribution in [1.82, 2.24) is 5.32 Å². The van der Waals surface area contributed by atoms with Crippen molar-refractivity contribution in [2.24, 2.45) is 0 Å². The highest BCUT2D eigenvalue weighted by Crippen LogP contribution is 2.24. The maximum Gasteiger partial charge on any atom is 0.328 e. The van der Waals surface area contributed by atoms with Gasteiger partial charge in [0.05, 0.1) is 7.11 Å². The van der Waals surface area contributed by atoms with Crippen molar-refractivity contribution >= 4 is 17.3 Å². The van der Waals surface area contributed by atoms with Crippen molar-refractivity contribution in [3.05, 3.63) is 21.9 Å². The van der Waals surface area contributed by atoms with Crippen LogP contribution in [-0.4, -0.2) is 19.6 Å². The molecule has 16 heavy (non-hydrogen) atoms. The highest BCUT2D eigenvalue weighted by atomic mass is 32.1. The van der Waals surface area contributed by atoms with Crippen molar-refractivity contribution in [1.29, 1.82) is 0 Å². The van der Waals surface area contributed by atoms with Crippen LogP contribution in [0.4, 0.5) is 0 Å². The van der Waals surface area contributed by atoms with Gasteiger partial charge < -0.3 is 10.1 Å². The summed E-state index contributed by atoms with van der Waals surface area (Å²) in [6.07, 6.45) is 2.01. The minimum atomic E-state index is -0.310. The first-order chi connectivity index (χ1) is 7.72. The molecular weight excluding hydrogens is 222 g/mol. The molecule has 1 unspecified atom stereocenters. The topological polar surface area (TPSA) is 38.3 Å². The zero-order chi connectivity index (χ0) is 12.0. The van der Waals surface area contributed by atoms with Crippen LogP contribution in [-0.2, 0) is 16.0 Å². The second kappa shape index (κ2) is 6.66. The van der Waals surface area contributed by atoms with Crippen LogP contribution in [0.2, 0.25) is 0 Å². The van der Waals surface area contributed by atoms with Gasteiger partial charge in [-0.1, -0.05) is 13.8 Å². The number of hydrogen-bond acceptors (Lipinski definition) is 4. The number of hydrogen-bond donors (Lipinski definition) is 1. The van der Waals surface area contributed by atoms with Crippen molar-refractivity contribution < 1.29 is 9.53 Å². The number of thiophene rings is 1. The summed E-state index contributed by atoms with van der Waals surface area (Å²) in [5, 5.41) is 3.21. The number of carbonyl (C=O) groups excluding carboxylic acids is 1. The third-order valence-electron chi connectivity index (χ3n) is 2.35. The molecule has 4 heteroatoms. The largest absolute Gasteiger partial charge is 0.468 e. The maximum atomic E-state index is 11.6. The Morgan fingerprint density at radius 2 is 2.25 bits per heavy atom. The lowest BCUT2D eigenvalue weighted by atomic mass is 10.2. The number of nitrogens with one attached hydrogen (secondary N) is 1. The first-order valence-corrected chi connectivity index (χ1v) is 6.44. The van der Waals surface area contributed by atoms with Crippen LogP contribution >= 0.6 is 11.3 Å². The quantitative estimate of drug-likeness (QED) is 0.778. The molecule has 1 heterocycles. The number of rotatable bonds is 6. The van der Waals surface area contributed by atoms with Crippen molar-refractivity contribution in [3.63, 3.8) is 0 Å². The van der Waals surface area contributed by atoms with Gasteiger partial charge in [-0.15, -0.1) is 11.3 Å². The van der Waals surface area contributed by atoms with E-state index in [0.717, 1.165) is 24.3 Å². The summed E-state index contributed by atoms with van der Waals surface area (Å²) in [7, 11) is 1.43. The summed E-state index contributed by atoms with van der Waals surface area (Å²) in [6, 6.07) is 3.77. The van der Waals surface area contributed by atoms with E-state index in [1.54, 1.807) is 11.3 Å². The molecule has 1 aromatic rings. The van der Waals surface area contributed by atoms with E-state index in [1.165, 1.54) is 12.0 Å². The molecule has 1 rings (SSSR count). The molecule has 0 aliphatic rings. The molecule has 0 bridgehead atoms. The molecule has 0 saturated heterocycles. The normalized spacial score (nSPS) is 12.4. The Morgan fingerprint density at radius 1 is 1.50 bits per heavy atom. The predicted molar refractivity (Wildman–Crippen MR) is 66.7 cm³/mol. The van der Waals surface area contributed by atoms with E-state index in [1.807, 2.05) is 6.07 Å². The third-order valence-corrected chi connectivity index (χ3v) is 3.65. The second-order valence-corrected chi connectivity index (χ2v) is 4.77. The summed E-state index contributed by atoms with van der Waals surface area (Å²) in [5.74, 6) is -0.210. The van der Waals surface area contributed by atoms with Gasteiger partial charge in [-0.3, -0.25) is 0 Å². The lowest BCUT2D eigenvalue weighted by Crippen LogP contribution is -2.29. The Balaban J connectivity index is 2.78. The van der Waals surface area contributed by atoms with Gasteiger partial charge >= 0.3 is 5.97 Å². The zero-order valence-corrected chi connectivity index (χ0v) is 10.9. The molecule has 0 amide bonds. The van der Waals surface area contributed by atoms with E-state index in [-0.39, 0.29) is 12.0 Å². The highest BCUT2D eigenvalue weighted by Gasteiger charge is 2.21. The molecule has 0 aliphatic carbocycles. The highest BCUT2D eigenvalue weighted by molar-refractivity contribution is 7.12. The Kier molecular flexibility index (Phi) is 5.49. The molecule has 90 valence electrons. The van der Waals surface area contributed by atoms with E-state index >= 15 is 0 Å². The monoisotopic (exact) mass is 241 g/mol. The van der Waals surface area contributed by atoms with E-state index in [2.05, 4.69) is 25.2 Å². The molecule has 0 radical (unpaired) electrons. The molecule has 0 spiro atoms. The van der Waals surface area contributed by atoms with Gasteiger partial charge in [-0.05, 0) is 31.5 Å². The molecule has 0 aliphatic heterocycles. The summed E-state index contributed by atoms with van der Waals surface area (Å²) >= 11 is 1.67. The van der Waals surface area contributed by atoms with Gasteiger partial charge in [0.25, 0.3) is 0 Å². The minimum absolute atomic E-state index is 0.210. The number of methoxy groups -OCH3 is 1. The van der Waals surface area contributed by atoms with Gasteiger partial charge in [-0.2, -0.15) is 0 Å². The standard InChI is InChI=1S/C12H19NO2S/c1-4-8-13-11(12(14)15-3)10-7-6-9(5-2)16-10/h6-7,11,13H,4-5,8H2,1-3H3.